The van der Waals surface area contributed by atoms with Crippen molar-refractivity contribution in [3.8, 4) is 11.5 Å². The predicted molar refractivity (Wildman–Crippen MR) is 126 cm³/mol. The number of piperidine rings is 1. The number of rotatable bonds is 9. The van der Waals surface area contributed by atoms with Crippen LogP contribution in [0.25, 0.3) is 6.08 Å². The quantitative estimate of drug-likeness (QED) is 0.659. The van der Waals surface area contributed by atoms with Gasteiger partial charge in [0.15, 0.2) is 11.5 Å². The van der Waals surface area contributed by atoms with Crippen LogP contribution in [0, 0.1) is 5.92 Å². The molecule has 1 fully saturated rings. The van der Waals surface area contributed by atoms with Gasteiger partial charge in [-0.2, -0.15) is 0 Å². The Balaban J connectivity index is 1.40. The lowest BCUT2D eigenvalue weighted by atomic mass is 9.95. The first-order valence-corrected chi connectivity index (χ1v) is 11.0. The summed E-state index contributed by atoms with van der Waals surface area (Å²) in [5, 5.41) is 3.11. The van der Waals surface area contributed by atoms with Gasteiger partial charge in [-0.3, -0.25) is 9.69 Å². The van der Waals surface area contributed by atoms with Crippen molar-refractivity contribution in [2.24, 2.45) is 5.92 Å². The van der Waals surface area contributed by atoms with Gasteiger partial charge >= 0.3 is 0 Å². The highest BCUT2D eigenvalue weighted by atomic mass is 16.5. The first kappa shape index (κ1) is 22.9. The second kappa shape index (κ2) is 11.6. The number of amides is 1. The van der Waals surface area contributed by atoms with Gasteiger partial charge < -0.3 is 14.8 Å². The van der Waals surface area contributed by atoms with E-state index < -0.39 is 0 Å². The molecule has 1 aliphatic heterocycles. The average Bonchev–Trinajstić information content (AvgIpc) is 2.80. The normalized spacial score (nSPS) is 15.5. The molecule has 1 N–H and O–H groups in total. The molecular formula is C26H34N2O3. The van der Waals surface area contributed by atoms with Gasteiger partial charge in [-0.15, -0.1) is 0 Å². The number of methoxy groups -OCH3 is 2. The molecule has 0 radical (unpaired) electrons. The second-order valence-electron chi connectivity index (χ2n) is 8.18. The van der Waals surface area contributed by atoms with Crippen LogP contribution in [0.15, 0.2) is 54.1 Å². The van der Waals surface area contributed by atoms with Crippen LogP contribution in [0.2, 0.25) is 0 Å². The van der Waals surface area contributed by atoms with Crippen molar-refractivity contribution < 1.29 is 14.3 Å². The highest BCUT2D eigenvalue weighted by molar-refractivity contribution is 5.78. The molecule has 1 heterocycles. The lowest BCUT2D eigenvalue weighted by molar-refractivity contribution is -0.126. The van der Waals surface area contributed by atoms with Crippen LogP contribution in [0.4, 0.5) is 0 Å². The molecule has 0 unspecified atom stereocenters. The zero-order valence-electron chi connectivity index (χ0n) is 18.9. The number of nitrogens with one attached hydrogen (secondary N) is 1. The van der Waals surface area contributed by atoms with Crippen molar-refractivity contribution in [2.75, 3.05) is 40.4 Å². The van der Waals surface area contributed by atoms with E-state index in [9.17, 15) is 4.79 Å². The number of hydrogen-bond donors (Lipinski definition) is 1. The molecule has 1 saturated heterocycles. The molecule has 1 aliphatic rings. The van der Waals surface area contributed by atoms with Crippen LogP contribution in [0.3, 0.4) is 0 Å². The SMILES string of the molecule is COc1ccc(CCNC(=O)C2CCN(C/C(C)=C/c3ccccc3)CC2)cc1OC. The number of hydrogen-bond acceptors (Lipinski definition) is 4. The maximum Gasteiger partial charge on any atom is 0.223 e. The molecular weight excluding hydrogens is 388 g/mol. The summed E-state index contributed by atoms with van der Waals surface area (Å²) in [6.45, 7) is 5.71. The van der Waals surface area contributed by atoms with E-state index in [-0.39, 0.29) is 11.8 Å². The Morgan fingerprint density at radius 2 is 1.77 bits per heavy atom. The molecule has 166 valence electrons. The van der Waals surface area contributed by atoms with Gasteiger partial charge in [-0.05, 0) is 62.5 Å². The monoisotopic (exact) mass is 422 g/mol. The minimum absolute atomic E-state index is 0.111. The van der Waals surface area contributed by atoms with E-state index in [4.69, 9.17) is 9.47 Å². The van der Waals surface area contributed by atoms with Crippen molar-refractivity contribution in [1.29, 1.82) is 0 Å². The molecule has 2 aromatic rings. The highest BCUT2D eigenvalue weighted by Crippen LogP contribution is 2.27. The fraction of sp³-hybridized carbons (Fsp3) is 0.423. The van der Waals surface area contributed by atoms with Crippen molar-refractivity contribution in [1.82, 2.24) is 10.2 Å². The molecule has 0 aliphatic carbocycles. The molecule has 2 aromatic carbocycles. The number of carbonyl (C=O) groups is 1. The number of likely N-dealkylation sites (tertiary alicyclic amines) is 1. The number of benzene rings is 2. The van der Waals surface area contributed by atoms with E-state index in [1.807, 2.05) is 24.3 Å². The minimum Gasteiger partial charge on any atom is -0.493 e. The van der Waals surface area contributed by atoms with Crippen LogP contribution in [-0.4, -0.2) is 51.2 Å². The van der Waals surface area contributed by atoms with E-state index in [2.05, 4.69) is 47.5 Å². The van der Waals surface area contributed by atoms with E-state index in [1.54, 1.807) is 14.2 Å². The van der Waals surface area contributed by atoms with Crippen LogP contribution in [0.5, 0.6) is 11.5 Å². The summed E-state index contributed by atoms with van der Waals surface area (Å²) in [7, 11) is 3.26. The van der Waals surface area contributed by atoms with E-state index >= 15 is 0 Å². The second-order valence-corrected chi connectivity index (χ2v) is 8.18. The summed E-state index contributed by atoms with van der Waals surface area (Å²) in [5.41, 5.74) is 3.71. The summed E-state index contributed by atoms with van der Waals surface area (Å²) in [5.74, 6) is 1.72. The summed E-state index contributed by atoms with van der Waals surface area (Å²) in [6, 6.07) is 16.3. The van der Waals surface area contributed by atoms with E-state index in [0.29, 0.717) is 6.54 Å². The summed E-state index contributed by atoms with van der Waals surface area (Å²) in [4.78, 5) is 15.0. The minimum atomic E-state index is 0.111. The zero-order valence-corrected chi connectivity index (χ0v) is 18.9. The third kappa shape index (κ3) is 6.86. The number of nitrogens with zero attached hydrogens (tertiary/aromatic N) is 1. The molecule has 31 heavy (non-hydrogen) atoms. The Labute approximate surface area is 186 Å². The molecule has 0 spiro atoms. The molecule has 0 atom stereocenters. The molecule has 5 nitrogen and oxygen atoms in total. The Morgan fingerprint density at radius 3 is 2.45 bits per heavy atom. The molecule has 1 amide bonds. The summed E-state index contributed by atoms with van der Waals surface area (Å²) in [6.07, 6.45) is 4.85. The first-order valence-electron chi connectivity index (χ1n) is 11.0. The topological polar surface area (TPSA) is 50.8 Å². The van der Waals surface area contributed by atoms with Crippen LogP contribution < -0.4 is 14.8 Å². The van der Waals surface area contributed by atoms with Crippen LogP contribution in [-0.2, 0) is 11.2 Å². The molecule has 5 heteroatoms. The summed E-state index contributed by atoms with van der Waals surface area (Å²) < 4.78 is 10.6. The first-order chi connectivity index (χ1) is 15.1. The van der Waals surface area contributed by atoms with Crippen molar-refractivity contribution >= 4 is 12.0 Å². The third-order valence-corrected chi connectivity index (χ3v) is 5.80. The highest BCUT2D eigenvalue weighted by Gasteiger charge is 2.24. The molecule has 0 saturated carbocycles. The molecule has 0 aromatic heterocycles. The van der Waals surface area contributed by atoms with Gasteiger partial charge in [0.25, 0.3) is 0 Å². The maximum atomic E-state index is 12.6. The van der Waals surface area contributed by atoms with E-state index in [1.165, 1.54) is 11.1 Å². The maximum absolute atomic E-state index is 12.6. The predicted octanol–water partition coefficient (Wildman–Crippen LogP) is 4.18. The molecule has 3 rings (SSSR count). The van der Waals surface area contributed by atoms with Crippen LogP contribution >= 0.6 is 0 Å². The number of carbonyl (C=O) groups excluding carboxylic acids is 1. The van der Waals surface area contributed by atoms with Gasteiger partial charge in [-0.25, -0.2) is 0 Å². The third-order valence-electron chi connectivity index (χ3n) is 5.80. The largest absolute Gasteiger partial charge is 0.493 e. The lowest BCUT2D eigenvalue weighted by Crippen LogP contribution is -2.41. The van der Waals surface area contributed by atoms with Gasteiger partial charge in [-0.1, -0.05) is 48.0 Å². The fourth-order valence-corrected chi connectivity index (χ4v) is 4.10. The standard InChI is InChI=1S/C26H34N2O3/c1-20(17-21-7-5-4-6-8-21)19-28-15-12-23(13-16-28)26(29)27-14-11-22-9-10-24(30-2)25(18-22)31-3/h4-10,17-18,23H,11-16,19H2,1-3H3,(H,27,29)/b20-17+. The van der Waals surface area contributed by atoms with E-state index in [0.717, 1.165) is 56.0 Å². The van der Waals surface area contributed by atoms with Crippen molar-refractivity contribution in [2.45, 2.75) is 26.2 Å². The zero-order chi connectivity index (χ0) is 22.1. The average molecular weight is 423 g/mol. The van der Waals surface area contributed by atoms with Crippen molar-refractivity contribution in [3.05, 3.63) is 65.2 Å². The van der Waals surface area contributed by atoms with Gasteiger partial charge in [0.1, 0.15) is 0 Å². The smallest absolute Gasteiger partial charge is 0.223 e. The Kier molecular flexibility index (Phi) is 8.53. The van der Waals surface area contributed by atoms with Gasteiger partial charge in [0.2, 0.25) is 5.91 Å². The Bertz CT molecular complexity index is 871. The van der Waals surface area contributed by atoms with Gasteiger partial charge in [0, 0.05) is 19.0 Å². The van der Waals surface area contributed by atoms with Gasteiger partial charge in [0.05, 0.1) is 14.2 Å². The van der Waals surface area contributed by atoms with Crippen molar-refractivity contribution in [3.63, 3.8) is 0 Å². The number of ether oxygens (including phenoxy) is 2. The Morgan fingerprint density at radius 1 is 1.06 bits per heavy atom. The fourth-order valence-electron chi connectivity index (χ4n) is 4.10. The molecule has 0 bridgehead atoms. The lowest BCUT2D eigenvalue weighted by Gasteiger charge is -2.31. The van der Waals surface area contributed by atoms with Crippen LogP contribution in [0.1, 0.15) is 30.9 Å². The summed E-state index contributed by atoms with van der Waals surface area (Å²) >= 11 is 0. The Hall–Kier alpha value is -2.79.